The van der Waals surface area contributed by atoms with E-state index in [9.17, 15) is 9.59 Å². The molecule has 2 aromatic carbocycles. The molecule has 5 nitrogen and oxygen atoms in total. The molecule has 7 heteroatoms. The van der Waals surface area contributed by atoms with Crippen LogP contribution in [0.3, 0.4) is 0 Å². The second kappa shape index (κ2) is 11.1. The minimum absolute atomic E-state index is 0.166. The monoisotopic (exact) mass is 436 g/mol. The van der Waals surface area contributed by atoms with Crippen LogP contribution in [-0.4, -0.2) is 36.4 Å². The molecule has 156 valence electrons. The molecule has 0 radical (unpaired) electrons. The summed E-state index contributed by atoms with van der Waals surface area (Å²) >= 11 is 12.3. The van der Waals surface area contributed by atoms with Crippen molar-refractivity contribution in [1.82, 2.24) is 10.2 Å². The first-order valence-corrected chi connectivity index (χ1v) is 10.2. The minimum Gasteiger partial charge on any atom is -0.497 e. The van der Waals surface area contributed by atoms with Gasteiger partial charge in [0.15, 0.2) is 0 Å². The summed E-state index contributed by atoms with van der Waals surface area (Å²) in [5, 5.41) is 3.83. The van der Waals surface area contributed by atoms with Crippen molar-refractivity contribution in [2.24, 2.45) is 0 Å². The molecule has 0 heterocycles. The van der Waals surface area contributed by atoms with Gasteiger partial charge in [0, 0.05) is 23.1 Å². The molecule has 0 saturated heterocycles. The SMILES string of the molecule is CCCNC(=O)[C@@H](C)N(Cc1ccc(Cl)cc1Cl)C(=O)Cc1ccc(OC)cc1. The van der Waals surface area contributed by atoms with E-state index in [0.29, 0.717) is 16.6 Å². The van der Waals surface area contributed by atoms with Crippen molar-refractivity contribution in [3.8, 4) is 5.75 Å². The van der Waals surface area contributed by atoms with Gasteiger partial charge in [0.25, 0.3) is 0 Å². The van der Waals surface area contributed by atoms with Gasteiger partial charge in [0.1, 0.15) is 11.8 Å². The molecule has 0 aromatic heterocycles. The maximum absolute atomic E-state index is 13.1. The van der Waals surface area contributed by atoms with Crippen LogP contribution >= 0.6 is 23.2 Å². The Kier molecular flexibility index (Phi) is 8.80. The summed E-state index contributed by atoms with van der Waals surface area (Å²) in [5.41, 5.74) is 1.57. The Morgan fingerprint density at radius 1 is 1.14 bits per heavy atom. The van der Waals surface area contributed by atoms with E-state index in [0.717, 1.165) is 23.3 Å². The van der Waals surface area contributed by atoms with Crippen LogP contribution in [-0.2, 0) is 22.6 Å². The largest absolute Gasteiger partial charge is 0.497 e. The summed E-state index contributed by atoms with van der Waals surface area (Å²) in [6.07, 6.45) is 0.988. The highest BCUT2D eigenvalue weighted by molar-refractivity contribution is 6.35. The zero-order valence-corrected chi connectivity index (χ0v) is 18.4. The maximum atomic E-state index is 13.1. The lowest BCUT2D eigenvalue weighted by Crippen LogP contribution is -2.48. The summed E-state index contributed by atoms with van der Waals surface area (Å²) in [6.45, 7) is 4.48. The summed E-state index contributed by atoms with van der Waals surface area (Å²) in [6, 6.07) is 11.8. The van der Waals surface area contributed by atoms with Gasteiger partial charge in [0.2, 0.25) is 11.8 Å². The average molecular weight is 437 g/mol. The van der Waals surface area contributed by atoms with E-state index in [1.165, 1.54) is 0 Å². The van der Waals surface area contributed by atoms with Crippen molar-refractivity contribution >= 4 is 35.0 Å². The summed E-state index contributed by atoms with van der Waals surface area (Å²) in [5.74, 6) is 0.360. The van der Waals surface area contributed by atoms with Crippen molar-refractivity contribution in [1.29, 1.82) is 0 Å². The van der Waals surface area contributed by atoms with Gasteiger partial charge in [-0.2, -0.15) is 0 Å². The highest BCUT2D eigenvalue weighted by atomic mass is 35.5. The lowest BCUT2D eigenvalue weighted by Gasteiger charge is -2.29. The standard InChI is InChI=1S/C22H26Cl2N2O3/c1-4-11-25-22(28)15(2)26(14-17-7-8-18(23)13-20(17)24)21(27)12-16-5-9-19(29-3)10-6-16/h5-10,13,15H,4,11-12,14H2,1-3H3,(H,25,28)/t15-/m1/s1. The van der Waals surface area contributed by atoms with Crippen LogP contribution in [0.2, 0.25) is 10.0 Å². The Bertz CT molecular complexity index is 840. The Labute approximate surface area is 181 Å². The lowest BCUT2D eigenvalue weighted by atomic mass is 10.1. The number of nitrogens with one attached hydrogen (secondary N) is 1. The third-order valence-electron chi connectivity index (χ3n) is 4.59. The number of benzene rings is 2. The fraction of sp³-hybridized carbons (Fsp3) is 0.364. The highest BCUT2D eigenvalue weighted by Crippen LogP contribution is 2.24. The van der Waals surface area contributed by atoms with Crippen LogP contribution < -0.4 is 10.1 Å². The van der Waals surface area contributed by atoms with Crippen LogP contribution in [0.4, 0.5) is 0 Å². The van der Waals surface area contributed by atoms with Gasteiger partial charge >= 0.3 is 0 Å². The Hall–Kier alpha value is -2.24. The molecule has 2 rings (SSSR count). The van der Waals surface area contributed by atoms with E-state index in [1.54, 1.807) is 49.3 Å². The normalized spacial score (nSPS) is 11.6. The number of carbonyl (C=O) groups is 2. The molecule has 0 aliphatic heterocycles. The first-order valence-electron chi connectivity index (χ1n) is 9.49. The van der Waals surface area contributed by atoms with Gasteiger partial charge in [-0.25, -0.2) is 0 Å². The Morgan fingerprint density at radius 2 is 1.83 bits per heavy atom. The van der Waals surface area contributed by atoms with Crippen molar-refractivity contribution < 1.29 is 14.3 Å². The van der Waals surface area contributed by atoms with E-state index < -0.39 is 6.04 Å². The number of hydrogen-bond acceptors (Lipinski definition) is 3. The van der Waals surface area contributed by atoms with Crippen LogP contribution in [0.5, 0.6) is 5.75 Å². The lowest BCUT2D eigenvalue weighted by molar-refractivity contribution is -0.140. The average Bonchev–Trinajstić information content (AvgIpc) is 2.71. The van der Waals surface area contributed by atoms with E-state index in [2.05, 4.69) is 5.32 Å². The van der Waals surface area contributed by atoms with Crippen LogP contribution in [0, 0.1) is 0 Å². The predicted octanol–water partition coefficient (Wildman–Crippen LogP) is 4.49. The third-order valence-corrected chi connectivity index (χ3v) is 5.17. The molecule has 1 N–H and O–H groups in total. The van der Waals surface area contributed by atoms with Crippen molar-refractivity contribution in [2.75, 3.05) is 13.7 Å². The number of halogens is 2. The second-order valence-corrected chi connectivity index (χ2v) is 7.59. The molecule has 0 aliphatic rings. The van der Waals surface area contributed by atoms with E-state index in [4.69, 9.17) is 27.9 Å². The summed E-state index contributed by atoms with van der Waals surface area (Å²) < 4.78 is 5.16. The van der Waals surface area contributed by atoms with E-state index in [1.807, 2.05) is 19.1 Å². The van der Waals surface area contributed by atoms with Crippen LogP contribution in [0.1, 0.15) is 31.4 Å². The molecule has 0 saturated carbocycles. The number of hydrogen-bond donors (Lipinski definition) is 1. The predicted molar refractivity (Wildman–Crippen MR) is 116 cm³/mol. The van der Waals surface area contributed by atoms with Crippen molar-refractivity contribution in [3.05, 3.63) is 63.6 Å². The van der Waals surface area contributed by atoms with E-state index in [-0.39, 0.29) is 24.8 Å². The fourth-order valence-corrected chi connectivity index (χ4v) is 3.30. The van der Waals surface area contributed by atoms with Crippen LogP contribution in [0.15, 0.2) is 42.5 Å². The van der Waals surface area contributed by atoms with Gasteiger partial charge in [-0.3, -0.25) is 9.59 Å². The molecule has 0 aliphatic carbocycles. The van der Waals surface area contributed by atoms with Crippen molar-refractivity contribution in [2.45, 2.75) is 39.3 Å². The van der Waals surface area contributed by atoms with Crippen molar-refractivity contribution in [3.63, 3.8) is 0 Å². The number of methoxy groups -OCH3 is 1. The molecule has 0 unspecified atom stereocenters. The van der Waals surface area contributed by atoms with Gasteiger partial charge in [0.05, 0.1) is 13.5 Å². The fourth-order valence-electron chi connectivity index (χ4n) is 2.83. The summed E-state index contributed by atoms with van der Waals surface area (Å²) in [4.78, 5) is 27.2. The quantitative estimate of drug-likeness (QED) is 0.629. The first-order chi connectivity index (χ1) is 13.8. The number of ether oxygens (including phenoxy) is 1. The molecule has 2 amide bonds. The molecule has 0 bridgehead atoms. The molecular weight excluding hydrogens is 411 g/mol. The topological polar surface area (TPSA) is 58.6 Å². The van der Waals surface area contributed by atoms with E-state index >= 15 is 0 Å². The molecule has 1 atom stereocenters. The Balaban J connectivity index is 2.23. The maximum Gasteiger partial charge on any atom is 0.242 e. The Morgan fingerprint density at radius 3 is 2.41 bits per heavy atom. The zero-order valence-electron chi connectivity index (χ0n) is 16.9. The minimum atomic E-state index is -0.640. The molecule has 0 fully saturated rings. The van der Waals surface area contributed by atoms with Crippen LogP contribution in [0.25, 0.3) is 0 Å². The molecule has 0 spiro atoms. The smallest absolute Gasteiger partial charge is 0.242 e. The third kappa shape index (κ3) is 6.65. The zero-order chi connectivity index (χ0) is 21.4. The summed E-state index contributed by atoms with van der Waals surface area (Å²) in [7, 11) is 1.59. The van der Waals surface area contributed by atoms with Gasteiger partial charge in [-0.15, -0.1) is 0 Å². The first kappa shape index (κ1) is 23.0. The second-order valence-electron chi connectivity index (χ2n) is 6.75. The number of rotatable bonds is 9. The molecular formula is C22H26Cl2N2O3. The highest BCUT2D eigenvalue weighted by Gasteiger charge is 2.26. The van der Waals surface area contributed by atoms with Gasteiger partial charge in [-0.1, -0.05) is 48.3 Å². The molecule has 29 heavy (non-hydrogen) atoms. The number of amides is 2. The number of nitrogens with zero attached hydrogens (tertiary/aromatic N) is 1. The number of carbonyl (C=O) groups excluding carboxylic acids is 2. The van der Waals surface area contributed by atoms with Gasteiger partial charge in [-0.05, 0) is 48.7 Å². The van der Waals surface area contributed by atoms with Gasteiger partial charge < -0.3 is 15.0 Å². The molecule has 2 aromatic rings.